The van der Waals surface area contributed by atoms with E-state index < -0.39 is 0 Å². The molecule has 0 radical (unpaired) electrons. The van der Waals surface area contributed by atoms with Crippen LogP contribution in [0.25, 0.3) is 0 Å². The van der Waals surface area contributed by atoms with Crippen molar-refractivity contribution in [3.8, 4) is 5.75 Å². The van der Waals surface area contributed by atoms with Crippen LogP contribution in [0.15, 0.2) is 24.3 Å². The average Bonchev–Trinajstić information content (AvgIpc) is 2.26. The highest BCUT2D eigenvalue weighted by Gasteiger charge is 1.96. The SMILES string of the molecule is COCc1cccc(OCCCCO)c1. The molecule has 0 amide bonds. The Labute approximate surface area is 90.6 Å². The molecule has 0 aromatic heterocycles. The summed E-state index contributed by atoms with van der Waals surface area (Å²) in [5.41, 5.74) is 1.11. The van der Waals surface area contributed by atoms with Gasteiger partial charge in [0.1, 0.15) is 5.75 Å². The monoisotopic (exact) mass is 210 g/mol. The van der Waals surface area contributed by atoms with Crippen molar-refractivity contribution in [2.45, 2.75) is 19.4 Å². The van der Waals surface area contributed by atoms with Crippen molar-refractivity contribution in [1.29, 1.82) is 0 Å². The van der Waals surface area contributed by atoms with E-state index in [0.717, 1.165) is 24.2 Å². The minimum Gasteiger partial charge on any atom is -0.494 e. The zero-order valence-corrected chi connectivity index (χ0v) is 9.11. The summed E-state index contributed by atoms with van der Waals surface area (Å²) in [6.45, 7) is 1.48. The number of hydrogen-bond acceptors (Lipinski definition) is 3. The Kier molecular flexibility index (Phi) is 5.81. The van der Waals surface area contributed by atoms with Crippen molar-refractivity contribution in [3.63, 3.8) is 0 Å². The lowest BCUT2D eigenvalue weighted by atomic mass is 10.2. The molecule has 0 saturated heterocycles. The second kappa shape index (κ2) is 7.26. The van der Waals surface area contributed by atoms with Crippen LogP contribution in [0.4, 0.5) is 0 Å². The lowest BCUT2D eigenvalue weighted by Crippen LogP contribution is -1.99. The fourth-order valence-corrected chi connectivity index (χ4v) is 1.30. The molecule has 0 saturated carbocycles. The van der Waals surface area contributed by atoms with Crippen molar-refractivity contribution in [3.05, 3.63) is 29.8 Å². The quantitative estimate of drug-likeness (QED) is 0.699. The summed E-state index contributed by atoms with van der Waals surface area (Å²) in [6, 6.07) is 7.86. The van der Waals surface area contributed by atoms with E-state index in [9.17, 15) is 0 Å². The molecule has 0 aliphatic rings. The van der Waals surface area contributed by atoms with E-state index in [1.165, 1.54) is 0 Å². The van der Waals surface area contributed by atoms with E-state index in [4.69, 9.17) is 14.6 Å². The Morgan fingerprint density at radius 1 is 1.27 bits per heavy atom. The first kappa shape index (κ1) is 12.0. The Morgan fingerprint density at radius 3 is 2.87 bits per heavy atom. The van der Waals surface area contributed by atoms with Crippen LogP contribution in [0.3, 0.4) is 0 Å². The molecule has 84 valence electrons. The molecule has 1 rings (SSSR count). The van der Waals surface area contributed by atoms with Gasteiger partial charge in [0.05, 0.1) is 13.2 Å². The second-order valence-electron chi connectivity index (χ2n) is 3.36. The van der Waals surface area contributed by atoms with Gasteiger partial charge in [0.2, 0.25) is 0 Å². The molecule has 0 heterocycles. The van der Waals surface area contributed by atoms with Crippen LogP contribution in [0.2, 0.25) is 0 Å². The maximum absolute atomic E-state index is 8.61. The van der Waals surface area contributed by atoms with Gasteiger partial charge in [0, 0.05) is 13.7 Å². The van der Waals surface area contributed by atoms with Crippen LogP contribution < -0.4 is 4.74 Å². The zero-order valence-electron chi connectivity index (χ0n) is 9.11. The third-order valence-electron chi connectivity index (χ3n) is 2.03. The Hall–Kier alpha value is -1.06. The van der Waals surface area contributed by atoms with Crippen LogP contribution in [0.1, 0.15) is 18.4 Å². The molecule has 0 bridgehead atoms. The van der Waals surface area contributed by atoms with Gasteiger partial charge in [-0.05, 0) is 30.5 Å². The summed E-state index contributed by atoms with van der Waals surface area (Å²) < 4.78 is 10.6. The molecule has 15 heavy (non-hydrogen) atoms. The number of aliphatic hydroxyl groups is 1. The zero-order chi connectivity index (χ0) is 10.9. The number of rotatable bonds is 7. The highest BCUT2D eigenvalue weighted by Crippen LogP contribution is 2.14. The van der Waals surface area contributed by atoms with Crippen molar-refractivity contribution in [2.24, 2.45) is 0 Å². The molecular weight excluding hydrogens is 192 g/mol. The molecule has 0 aliphatic carbocycles. The van der Waals surface area contributed by atoms with Crippen LogP contribution >= 0.6 is 0 Å². The lowest BCUT2D eigenvalue weighted by molar-refractivity contribution is 0.184. The third kappa shape index (κ3) is 4.81. The Balaban J connectivity index is 2.36. The molecule has 0 atom stereocenters. The number of unbranched alkanes of at least 4 members (excludes halogenated alkanes) is 1. The third-order valence-corrected chi connectivity index (χ3v) is 2.03. The number of benzene rings is 1. The highest BCUT2D eigenvalue weighted by molar-refractivity contribution is 5.28. The minimum atomic E-state index is 0.229. The molecule has 0 aliphatic heterocycles. The molecular formula is C12H18O3. The van der Waals surface area contributed by atoms with Crippen molar-refractivity contribution in [2.75, 3.05) is 20.3 Å². The molecule has 1 aromatic rings. The number of hydrogen-bond donors (Lipinski definition) is 1. The molecule has 0 unspecified atom stereocenters. The fraction of sp³-hybridized carbons (Fsp3) is 0.500. The molecule has 1 aromatic carbocycles. The average molecular weight is 210 g/mol. The van der Waals surface area contributed by atoms with Gasteiger partial charge < -0.3 is 14.6 Å². The standard InChI is InChI=1S/C12H18O3/c1-14-10-11-5-4-6-12(9-11)15-8-3-2-7-13/h4-6,9,13H,2-3,7-8,10H2,1H3. The molecule has 0 spiro atoms. The van der Waals surface area contributed by atoms with Gasteiger partial charge in [-0.15, -0.1) is 0 Å². The predicted octanol–water partition coefficient (Wildman–Crippen LogP) is 1.98. The van der Waals surface area contributed by atoms with Crippen LogP contribution in [-0.4, -0.2) is 25.4 Å². The maximum atomic E-state index is 8.61. The van der Waals surface area contributed by atoms with Gasteiger partial charge in [-0.3, -0.25) is 0 Å². The first-order valence-corrected chi connectivity index (χ1v) is 5.18. The summed E-state index contributed by atoms with van der Waals surface area (Å²) in [6.07, 6.45) is 1.67. The smallest absolute Gasteiger partial charge is 0.119 e. The van der Waals surface area contributed by atoms with Crippen LogP contribution in [0.5, 0.6) is 5.75 Å². The van der Waals surface area contributed by atoms with E-state index in [0.29, 0.717) is 13.2 Å². The van der Waals surface area contributed by atoms with Crippen LogP contribution in [0, 0.1) is 0 Å². The second-order valence-corrected chi connectivity index (χ2v) is 3.36. The van der Waals surface area contributed by atoms with Crippen LogP contribution in [-0.2, 0) is 11.3 Å². The first-order chi connectivity index (χ1) is 7.36. The Bertz CT molecular complexity index is 273. The van der Waals surface area contributed by atoms with Gasteiger partial charge in [-0.1, -0.05) is 12.1 Å². The highest BCUT2D eigenvalue weighted by atomic mass is 16.5. The number of methoxy groups -OCH3 is 1. The fourth-order valence-electron chi connectivity index (χ4n) is 1.30. The number of aliphatic hydroxyl groups excluding tert-OH is 1. The normalized spacial score (nSPS) is 10.3. The molecule has 3 nitrogen and oxygen atoms in total. The summed E-state index contributed by atoms with van der Waals surface area (Å²) >= 11 is 0. The topological polar surface area (TPSA) is 38.7 Å². The van der Waals surface area contributed by atoms with Gasteiger partial charge in [-0.2, -0.15) is 0 Å². The number of ether oxygens (including phenoxy) is 2. The summed E-state index contributed by atoms with van der Waals surface area (Å²) in [5.74, 6) is 0.863. The van der Waals surface area contributed by atoms with Gasteiger partial charge in [0.15, 0.2) is 0 Å². The van der Waals surface area contributed by atoms with Gasteiger partial charge in [0.25, 0.3) is 0 Å². The summed E-state index contributed by atoms with van der Waals surface area (Å²) in [5, 5.41) is 8.61. The Morgan fingerprint density at radius 2 is 2.13 bits per heavy atom. The maximum Gasteiger partial charge on any atom is 0.119 e. The van der Waals surface area contributed by atoms with Gasteiger partial charge in [-0.25, -0.2) is 0 Å². The molecule has 1 N–H and O–H groups in total. The van der Waals surface area contributed by atoms with E-state index in [-0.39, 0.29) is 6.61 Å². The van der Waals surface area contributed by atoms with E-state index >= 15 is 0 Å². The molecule has 3 heteroatoms. The minimum absolute atomic E-state index is 0.229. The van der Waals surface area contributed by atoms with E-state index in [2.05, 4.69) is 0 Å². The largest absolute Gasteiger partial charge is 0.494 e. The van der Waals surface area contributed by atoms with E-state index in [1.54, 1.807) is 7.11 Å². The van der Waals surface area contributed by atoms with Gasteiger partial charge >= 0.3 is 0 Å². The summed E-state index contributed by atoms with van der Waals surface area (Å²) in [4.78, 5) is 0. The van der Waals surface area contributed by atoms with Crippen molar-refractivity contribution < 1.29 is 14.6 Å². The lowest BCUT2D eigenvalue weighted by Gasteiger charge is -2.07. The summed E-state index contributed by atoms with van der Waals surface area (Å²) in [7, 11) is 1.68. The van der Waals surface area contributed by atoms with Crippen molar-refractivity contribution in [1.82, 2.24) is 0 Å². The van der Waals surface area contributed by atoms with Crippen molar-refractivity contribution >= 4 is 0 Å². The first-order valence-electron chi connectivity index (χ1n) is 5.18. The predicted molar refractivity (Wildman–Crippen MR) is 59.0 cm³/mol. The molecule has 0 fully saturated rings. The van der Waals surface area contributed by atoms with E-state index in [1.807, 2.05) is 24.3 Å².